The molecule has 0 aliphatic rings. The maximum Gasteiger partial charge on any atom is 0.379 e. The summed E-state index contributed by atoms with van der Waals surface area (Å²) in [6.45, 7) is 0.105. The van der Waals surface area contributed by atoms with Crippen molar-refractivity contribution in [3.63, 3.8) is 0 Å². The van der Waals surface area contributed by atoms with Crippen molar-refractivity contribution in [2.45, 2.75) is 0 Å². The lowest BCUT2D eigenvalue weighted by Crippen LogP contribution is -2.20. The Balaban J connectivity index is 1.77. The summed E-state index contributed by atoms with van der Waals surface area (Å²) in [7, 11) is 0. The van der Waals surface area contributed by atoms with E-state index in [9.17, 15) is 9.59 Å². The molecule has 0 saturated carbocycles. The van der Waals surface area contributed by atoms with Crippen LogP contribution in [0.4, 0.5) is 5.69 Å². The highest BCUT2D eigenvalue weighted by molar-refractivity contribution is 6.40. The number of hydrogen-bond acceptors (Lipinski definition) is 5. The number of Topliss-reactive ketones (excluding diaryl/α,β-unsaturated/α-hetero) is 1. The molecule has 2 aromatic rings. The zero-order chi connectivity index (χ0) is 15.1. The van der Waals surface area contributed by atoms with Gasteiger partial charge in [-0.05, 0) is 12.1 Å². The summed E-state index contributed by atoms with van der Waals surface area (Å²) in [4.78, 5) is 23.3. The average molecular weight is 285 g/mol. The van der Waals surface area contributed by atoms with Crippen molar-refractivity contribution in [3.8, 4) is 5.75 Å². The van der Waals surface area contributed by atoms with Gasteiger partial charge in [-0.3, -0.25) is 4.79 Å². The van der Waals surface area contributed by atoms with E-state index >= 15 is 0 Å². The van der Waals surface area contributed by atoms with E-state index in [-0.39, 0.29) is 13.2 Å². The van der Waals surface area contributed by atoms with Gasteiger partial charge in [-0.25, -0.2) is 4.79 Å². The minimum atomic E-state index is -0.897. The second-order valence-electron chi connectivity index (χ2n) is 4.22. The van der Waals surface area contributed by atoms with Gasteiger partial charge >= 0.3 is 5.97 Å². The summed E-state index contributed by atoms with van der Waals surface area (Å²) in [5.74, 6) is -1.05. The Bertz CT molecular complexity index is 625. The molecular formula is C16H15NO4. The number of benzene rings is 2. The smallest absolute Gasteiger partial charge is 0.379 e. The van der Waals surface area contributed by atoms with Crippen LogP contribution in [0.25, 0.3) is 0 Å². The first kappa shape index (κ1) is 14.6. The quantitative estimate of drug-likeness (QED) is 0.289. The van der Waals surface area contributed by atoms with Crippen LogP contribution >= 0.6 is 0 Å². The highest BCUT2D eigenvalue weighted by Gasteiger charge is 2.17. The molecule has 0 aromatic heterocycles. The molecule has 0 bridgehead atoms. The monoisotopic (exact) mass is 285 g/mol. The number of hydrogen-bond donors (Lipinski definition) is 1. The molecule has 5 heteroatoms. The van der Waals surface area contributed by atoms with Crippen LogP contribution in [0, 0.1) is 0 Å². The molecule has 2 rings (SSSR count). The fourth-order valence-electron chi connectivity index (χ4n) is 1.67. The number of ketones is 1. The first-order valence-corrected chi connectivity index (χ1v) is 6.42. The van der Waals surface area contributed by atoms with E-state index in [0.29, 0.717) is 17.0 Å². The van der Waals surface area contributed by atoms with E-state index in [1.165, 1.54) is 0 Å². The maximum atomic E-state index is 11.7. The van der Waals surface area contributed by atoms with Crippen LogP contribution in [0.2, 0.25) is 0 Å². The highest BCUT2D eigenvalue weighted by atomic mass is 16.6. The van der Waals surface area contributed by atoms with E-state index in [0.717, 1.165) is 0 Å². The average Bonchev–Trinajstić information content (AvgIpc) is 2.53. The Morgan fingerprint density at radius 1 is 0.905 bits per heavy atom. The molecule has 0 radical (unpaired) electrons. The van der Waals surface area contributed by atoms with Crippen molar-refractivity contribution >= 4 is 17.4 Å². The number of ether oxygens (including phenoxy) is 2. The molecule has 2 N–H and O–H groups in total. The standard InChI is InChI=1S/C16H15NO4/c17-13-8-4-5-9-14(13)20-10-11-21-16(19)15(18)12-6-2-1-3-7-12/h1-9H,10-11,17H2. The predicted octanol–water partition coefficient (Wildman–Crippen LogP) is 2.07. The molecule has 0 aliphatic heterocycles. The Morgan fingerprint density at radius 3 is 2.29 bits per heavy atom. The molecule has 5 nitrogen and oxygen atoms in total. The van der Waals surface area contributed by atoms with Gasteiger partial charge in [0.05, 0.1) is 5.69 Å². The van der Waals surface area contributed by atoms with Gasteiger partial charge in [0.25, 0.3) is 5.78 Å². The number of nitrogens with two attached hydrogens (primary N) is 1. The minimum Gasteiger partial charge on any atom is -0.488 e. The van der Waals surface area contributed by atoms with Gasteiger partial charge in [-0.1, -0.05) is 42.5 Å². The zero-order valence-corrected chi connectivity index (χ0v) is 11.3. The van der Waals surface area contributed by atoms with E-state index in [2.05, 4.69) is 0 Å². The lowest BCUT2D eigenvalue weighted by molar-refractivity contribution is -0.138. The first-order valence-electron chi connectivity index (χ1n) is 6.42. The van der Waals surface area contributed by atoms with Crippen molar-refractivity contribution in [2.75, 3.05) is 18.9 Å². The molecule has 2 aromatic carbocycles. The van der Waals surface area contributed by atoms with Crippen molar-refractivity contribution in [1.29, 1.82) is 0 Å². The molecular weight excluding hydrogens is 270 g/mol. The first-order chi connectivity index (χ1) is 10.2. The van der Waals surface area contributed by atoms with E-state index in [1.54, 1.807) is 54.6 Å². The molecule has 0 fully saturated rings. The van der Waals surface area contributed by atoms with Gasteiger partial charge in [0.15, 0.2) is 0 Å². The maximum absolute atomic E-state index is 11.7. The third-order valence-corrected chi connectivity index (χ3v) is 2.71. The fourth-order valence-corrected chi connectivity index (χ4v) is 1.67. The van der Waals surface area contributed by atoms with Crippen LogP contribution in [0.15, 0.2) is 54.6 Å². The third-order valence-electron chi connectivity index (χ3n) is 2.71. The van der Waals surface area contributed by atoms with Crippen LogP contribution in [-0.2, 0) is 9.53 Å². The van der Waals surface area contributed by atoms with Crippen molar-refractivity contribution in [1.82, 2.24) is 0 Å². The van der Waals surface area contributed by atoms with Gasteiger partial charge in [0, 0.05) is 5.56 Å². The fraction of sp³-hybridized carbons (Fsp3) is 0.125. The number of rotatable bonds is 6. The topological polar surface area (TPSA) is 78.6 Å². The number of carbonyl (C=O) groups excluding carboxylic acids is 2. The van der Waals surface area contributed by atoms with Crippen LogP contribution in [0.1, 0.15) is 10.4 Å². The third kappa shape index (κ3) is 4.07. The summed E-state index contributed by atoms with van der Waals surface area (Å²) in [5.41, 5.74) is 6.51. The van der Waals surface area contributed by atoms with E-state index < -0.39 is 11.8 Å². The molecule has 0 unspecified atom stereocenters. The Kier molecular flexibility index (Phi) is 4.93. The molecule has 21 heavy (non-hydrogen) atoms. The van der Waals surface area contributed by atoms with Crippen molar-refractivity contribution in [3.05, 3.63) is 60.2 Å². The van der Waals surface area contributed by atoms with Gasteiger partial charge in [0.2, 0.25) is 0 Å². The van der Waals surface area contributed by atoms with E-state index in [4.69, 9.17) is 15.2 Å². The van der Waals surface area contributed by atoms with Gasteiger partial charge in [0.1, 0.15) is 19.0 Å². The van der Waals surface area contributed by atoms with Crippen LogP contribution < -0.4 is 10.5 Å². The highest BCUT2D eigenvalue weighted by Crippen LogP contribution is 2.19. The van der Waals surface area contributed by atoms with Crippen molar-refractivity contribution in [2.24, 2.45) is 0 Å². The predicted molar refractivity (Wildman–Crippen MR) is 78.1 cm³/mol. The second-order valence-corrected chi connectivity index (χ2v) is 4.22. The summed E-state index contributed by atoms with van der Waals surface area (Å²) in [5, 5.41) is 0. The number of anilines is 1. The lowest BCUT2D eigenvalue weighted by Gasteiger charge is -2.08. The molecule has 0 amide bonds. The molecule has 0 spiro atoms. The number of esters is 1. The molecule has 108 valence electrons. The van der Waals surface area contributed by atoms with Crippen LogP contribution in [0.5, 0.6) is 5.75 Å². The summed E-state index contributed by atoms with van der Waals surface area (Å²) < 4.78 is 10.2. The van der Waals surface area contributed by atoms with Crippen molar-refractivity contribution < 1.29 is 19.1 Å². The number of carbonyl (C=O) groups is 2. The van der Waals surface area contributed by atoms with E-state index in [1.807, 2.05) is 0 Å². The lowest BCUT2D eigenvalue weighted by atomic mass is 10.1. The van der Waals surface area contributed by atoms with Crippen LogP contribution in [0.3, 0.4) is 0 Å². The molecule has 0 atom stereocenters. The van der Waals surface area contributed by atoms with Gasteiger partial charge in [-0.15, -0.1) is 0 Å². The molecule has 0 heterocycles. The van der Waals surface area contributed by atoms with Gasteiger partial charge in [-0.2, -0.15) is 0 Å². The Morgan fingerprint density at radius 2 is 1.57 bits per heavy atom. The van der Waals surface area contributed by atoms with Crippen LogP contribution in [-0.4, -0.2) is 25.0 Å². The summed E-state index contributed by atoms with van der Waals surface area (Å²) >= 11 is 0. The summed E-state index contributed by atoms with van der Waals surface area (Å²) in [6, 6.07) is 15.3. The minimum absolute atomic E-state index is 0.0221. The normalized spacial score (nSPS) is 9.90. The van der Waals surface area contributed by atoms with Gasteiger partial charge < -0.3 is 15.2 Å². The number of para-hydroxylation sites is 2. The summed E-state index contributed by atoms with van der Waals surface area (Å²) in [6.07, 6.45) is 0. The zero-order valence-electron chi connectivity index (χ0n) is 11.3. The number of nitrogen functional groups attached to an aromatic ring is 1. The molecule has 0 saturated heterocycles. The Labute approximate surface area is 122 Å². The Hall–Kier alpha value is -2.82. The SMILES string of the molecule is Nc1ccccc1OCCOC(=O)C(=O)c1ccccc1. The molecule has 0 aliphatic carbocycles. The second kappa shape index (κ2) is 7.09. The largest absolute Gasteiger partial charge is 0.488 e.